The highest BCUT2D eigenvalue weighted by molar-refractivity contribution is 7.93. The van der Waals surface area contributed by atoms with Crippen LogP contribution in [0, 0.1) is 0 Å². The van der Waals surface area contributed by atoms with Crippen LogP contribution in [0.4, 0.5) is 17.5 Å². The minimum absolute atomic E-state index is 0.124. The number of fused-ring (bicyclic) bond motifs is 1. The highest BCUT2D eigenvalue weighted by Crippen LogP contribution is 2.29. The Hall–Kier alpha value is -2.94. The van der Waals surface area contributed by atoms with Gasteiger partial charge in [0.2, 0.25) is 5.95 Å². The van der Waals surface area contributed by atoms with Crippen molar-refractivity contribution in [1.29, 1.82) is 0 Å². The summed E-state index contributed by atoms with van der Waals surface area (Å²) < 4.78 is 28.8. The molecule has 0 spiro atoms. The molecule has 28 heavy (non-hydrogen) atoms. The van der Waals surface area contributed by atoms with E-state index in [2.05, 4.69) is 24.6 Å². The summed E-state index contributed by atoms with van der Waals surface area (Å²) in [5.74, 6) is 1.14. The molecule has 1 saturated heterocycles. The zero-order valence-corrected chi connectivity index (χ0v) is 16.6. The van der Waals surface area contributed by atoms with Crippen LogP contribution in [-0.2, 0) is 10.0 Å². The molecule has 8 nitrogen and oxygen atoms in total. The van der Waals surface area contributed by atoms with E-state index >= 15 is 0 Å². The van der Waals surface area contributed by atoms with Crippen LogP contribution < -0.4 is 14.5 Å². The van der Waals surface area contributed by atoms with Crippen molar-refractivity contribution in [3.05, 3.63) is 42.7 Å². The maximum absolute atomic E-state index is 13.1. The van der Waals surface area contributed by atoms with Gasteiger partial charge in [-0.3, -0.25) is 9.71 Å². The molecule has 0 radical (unpaired) electrons. The molecule has 1 aliphatic rings. The molecule has 1 aliphatic heterocycles. The standard InChI is InChI=1S/C19H22N6O2S/c1-24(2)18-15(13-21-19(22-18)25-11-3-4-12-25)23-28(26,27)16-9-5-7-14-8-6-10-20-17(14)16/h5-10,13,23H,3-4,11-12H2,1-2H3. The monoisotopic (exact) mass is 398 g/mol. The molecular formula is C19H22N6O2S. The molecule has 1 aromatic carbocycles. The van der Waals surface area contributed by atoms with Crippen LogP contribution in [0.25, 0.3) is 10.9 Å². The first kappa shape index (κ1) is 18.4. The number of pyridine rings is 1. The van der Waals surface area contributed by atoms with Crippen molar-refractivity contribution >= 4 is 38.4 Å². The minimum atomic E-state index is -3.86. The second-order valence-corrected chi connectivity index (χ2v) is 8.58. The maximum atomic E-state index is 13.1. The Labute approximate surface area is 164 Å². The molecule has 4 rings (SSSR count). The van der Waals surface area contributed by atoms with Gasteiger partial charge in [0.1, 0.15) is 10.6 Å². The Balaban J connectivity index is 1.73. The second-order valence-electron chi connectivity index (χ2n) is 6.93. The number of para-hydroxylation sites is 1. The maximum Gasteiger partial charge on any atom is 0.264 e. The van der Waals surface area contributed by atoms with Gasteiger partial charge in [-0.2, -0.15) is 4.98 Å². The molecule has 0 aliphatic carbocycles. The number of benzene rings is 1. The first-order chi connectivity index (χ1) is 13.5. The summed E-state index contributed by atoms with van der Waals surface area (Å²) in [5.41, 5.74) is 0.763. The zero-order chi connectivity index (χ0) is 19.7. The zero-order valence-electron chi connectivity index (χ0n) is 15.8. The van der Waals surface area contributed by atoms with Crippen LogP contribution in [0.15, 0.2) is 47.6 Å². The molecule has 0 saturated carbocycles. The normalized spacial score (nSPS) is 14.4. The third-order valence-electron chi connectivity index (χ3n) is 4.70. The van der Waals surface area contributed by atoms with E-state index in [0.29, 0.717) is 23.0 Å². The van der Waals surface area contributed by atoms with E-state index in [-0.39, 0.29) is 4.90 Å². The van der Waals surface area contributed by atoms with E-state index in [1.165, 1.54) is 6.20 Å². The lowest BCUT2D eigenvalue weighted by Gasteiger charge is -2.21. The summed E-state index contributed by atoms with van der Waals surface area (Å²) in [6.07, 6.45) is 5.35. The van der Waals surface area contributed by atoms with Crippen LogP contribution in [-0.4, -0.2) is 50.6 Å². The number of hydrogen-bond acceptors (Lipinski definition) is 7. The van der Waals surface area contributed by atoms with Crippen molar-refractivity contribution in [2.75, 3.05) is 41.7 Å². The van der Waals surface area contributed by atoms with Gasteiger partial charge in [-0.05, 0) is 25.0 Å². The van der Waals surface area contributed by atoms with Gasteiger partial charge in [0, 0.05) is 38.8 Å². The predicted molar refractivity (Wildman–Crippen MR) is 110 cm³/mol. The van der Waals surface area contributed by atoms with Gasteiger partial charge in [0.25, 0.3) is 10.0 Å². The van der Waals surface area contributed by atoms with Crippen LogP contribution in [0.2, 0.25) is 0 Å². The van der Waals surface area contributed by atoms with E-state index in [4.69, 9.17) is 0 Å². The van der Waals surface area contributed by atoms with Gasteiger partial charge in [-0.15, -0.1) is 0 Å². The number of aromatic nitrogens is 3. The predicted octanol–water partition coefficient (Wildman–Crippen LogP) is 2.49. The molecule has 0 bridgehead atoms. The van der Waals surface area contributed by atoms with E-state index < -0.39 is 10.0 Å². The number of hydrogen-bond donors (Lipinski definition) is 1. The summed E-state index contributed by atoms with van der Waals surface area (Å²) in [6, 6.07) is 8.70. The Bertz CT molecular complexity index is 1110. The smallest absolute Gasteiger partial charge is 0.264 e. The van der Waals surface area contributed by atoms with Crippen molar-refractivity contribution < 1.29 is 8.42 Å². The fourth-order valence-electron chi connectivity index (χ4n) is 3.34. The molecule has 0 atom stereocenters. The summed E-state index contributed by atoms with van der Waals surface area (Å²) in [6.45, 7) is 1.83. The van der Waals surface area contributed by atoms with Crippen molar-refractivity contribution in [3.8, 4) is 0 Å². The quantitative estimate of drug-likeness (QED) is 0.706. The first-order valence-corrected chi connectivity index (χ1v) is 10.6. The fraction of sp³-hybridized carbons (Fsp3) is 0.316. The topological polar surface area (TPSA) is 91.3 Å². The Morgan fingerprint density at radius 3 is 2.57 bits per heavy atom. The molecule has 3 heterocycles. The summed E-state index contributed by atoms with van der Waals surface area (Å²) in [5, 5.41) is 0.763. The third-order valence-corrected chi connectivity index (χ3v) is 6.10. The summed E-state index contributed by atoms with van der Waals surface area (Å²) in [4.78, 5) is 17.2. The van der Waals surface area contributed by atoms with E-state index in [1.54, 1.807) is 29.3 Å². The van der Waals surface area contributed by atoms with Gasteiger partial charge >= 0.3 is 0 Å². The number of nitrogens with zero attached hydrogens (tertiary/aromatic N) is 5. The second kappa shape index (κ2) is 7.23. The minimum Gasteiger partial charge on any atom is -0.361 e. The fourth-order valence-corrected chi connectivity index (χ4v) is 4.57. The number of sulfonamides is 1. The Kier molecular flexibility index (Phi) is 4.76. The van der Waals surface area contributed by atoms with Gasteiger partial charge in [-0.25, -0.2) is 13.4 Å². The van der Waals surface area contributed by atoms with Crippen LogP contribution in [0.5, 0.6) is 0 Å². The number of anilines is 3. The van der Waals surface area contributed by atoms with Gasteiger partial charge in [-0.1, -0.05) is 18.2 Å². The molecule has 3 aromatic rings. The number of rotatable bonds is 5. The molecule has 1 fully saturated rings. The molecule has 0 unspecified atom stereocenters. The number of nitrogens with one attached hydrogen (secondary N) is 1. The average Bonchev–Trinajstić information content (AvgIpc) is 3.22. The van der Waals surface area contributed by atoms with E-state index in [1.807, 2.05) is 26.2 Å². The van der Waals surface area contributed by atoms with Gasteiger partial charge in [0.05, 0.1) is 11.7 Å². The van der Waals surface area contributed by atoms with Gasteiger partial charge in [0.15, 0.2) is 5.82 Å². The largest absolute Gasteiger partial charge is 0.361 e. The molecular weight excluding hydrogens is 376 g/mol. The molecule has 9 heteroatoms. The molecule has 2 aromatic heterocycles. The lowest BCUT2D eigenvalue weighted by Crippen LogP contribution is -2.24. The lowest BCUT2D eigenvalue weighted by molar-refractivity contribution is 0.602. The van der Waals surface area contributed by atoms with Crippen molar-refractivity contribution in [2.24, 2.45) is 0 Å². The Morgan fingerprint density at radius 2 is 1.82 bits per heavy atom. The summed E-state index contributed by atoms with van der Waals surface area (Å²) in [7, 11) is -0.207. The molecule has 0 amide bonds. The summed E-state index contributed by atoms with van der Waals surface area (Å²) >= 11 is 0. The van der Waals surface area contributed by atoms with Gasteiger partial charge < -0.3 is 9.80 Å². The highest BCUT2D eigenvalue weighted by atomic mass is 32.2. The first-order valence-electron chi connectivity index (χ1n) is 9.11. The van der Waals surface area contributed by atoms with Crippen molar-refractivity contribution in [2.45, 2.75) is 17.7 Å². The lowest BCUT2D eigenvalue weighted by atomic mass is 10.2. The Morgan fingerprint density at radius 1 is 1.07 bits per heavy atom. The SMILES string of the molecule is CN(C)c1nc(N2CCCC2)ncc1NS(=O)(=O)c1cccc2cccnc12. The van der Waals surface area contributed by atoms with Crippen LogP contribution >= 0.6 is 0 Å². The van der Waals surface area contributed by atoms with Crippen molar-refractivity contribution in [3.63, 3.8) is 0 Å². The van der Waals surface area contributed by atoms with Crippen LogP contribution in [0.3, 0.4) is 0 Å². The van der Waals surface area contributed by atoms with Crippen LogP contribution in [0.1, 0.15) is 12.8 Å². The highest BCUT2D eigenvalue weighted by Gasteiger charge is 2.23. The third kappa shape index (κ3) is 3.45. The molecule has 146 valence electrons. The van der Waals surface area contributed by atoms with E-state index in [9.17, 15) is 8.42 Å². The molecule has 1 N–H and O–H groups in total. The van der Waals surface area contributed by atoms with E-state index in [0.717, 1.165) is 31.3 Å². The van der Waals surface area contributed by atoms with Crippen molar-refractivity contribution in [1.82, 2.24) is 15.0 Å². The average molecular weight is 398 g/mol.